The van der Waals surface area contributed by atoms with Crippen LogP contribution in [0.1, 0.15) is 5.56 Å². The van der Waals surface area contributed by atoms with Gasteiger partial charge < -0.3 is 5.32 Å². The first-order chi connectivity index (χ1) is 13.0. The third kappa shape index (κ3) is 3.04. The molecule has 27 heavy (non-hydrogen) atoms. The van der Waals surface area contributed by atoms with Gasteiger partial charge in [-0.25, -0.2) is 12.8 Å². The summed E-state index contributed by atoms with van der Waals surface area (Å²) in [5.74, 6) is -0.754. The van der Waals surface area contributed by atoms with Gasteiger partial charge in [0.05, 0.1) is 10.6 Å². The zero-order chi connectivity index (χ0) is 19.0. The lowest BCUT2D eigenvalue weighted by Gasteiger charge is -2.18. The topological polar surface area (TPSA) is 66.5 Å². The number of benzene rings is 3. The Balaban J connectivity index is 1.49. The van der Waals surface area contributed by atoms with Gasteiger partial charge in [0, 0.05) is 11.9 Å². The summed E-state index contributed by atoms with van der Waals surface area (Å²) in [4.78, 5) is 12.5. The van der Waals surface area contributed by atoms with Crippen LogP contribution < -0.4 is 9.62 Å². The summed E-state index contributed by atoms with van der Waals surface area (Å²) < 4.78 is 40.4. The van der Waals surface area contributed by atoms with Crippen LogP contribution in [0.15, 0.2) is 65.6 Å². The normalized spacial score (nSPS) is 14.5. The molecule has 0 saturated carbocycles. The van der Waals surface area contributed by atoms with E-state index < -0.39 is 15.9 Å². The van der Waals surface area contributed by atoms with Gasteiger partial charge in [0.25, 0.3) is 10.0 Å². The number of sulfonamides is 1. The van der Waals surface area contributed by atoms with Crippen LogP contribution in [0.5, 0.6) is 0 Å². The minimum atomic E-state index is -3.76. The highest BCUT2D eigenvalue weighted by Crippen LogP contribution is 2.41. The average molecular weight is 384 g/mol. The molecule has 0 unspecified atom stereocenters. The molecule has 138 valence electrons. The summed E-state index contributed by atoms with van der Waals surface area (Å²) >= 11 is 0. The van der Waals surface area contributed by atoms with E-state index in [4.69, 9.17) is 0 Å². The van der Waals surface area contributed by atoms with Crippen molar-refractivity contribution < 1.29 is 17.6 Å². The Bertz CT molecular complexity index is 1140. The lowest BCUT2D eigenvalue weighted by molar-refractivity contribution is -0.119. The lowest BCUT2D eigenvalue weighted by atomic mass is 10.1. The molecule has 0 atom stereocenters. The lowest BCUT2D eigenvalue weighted by Crippen LogP contribution is -2.39. The van der Waals surface area contributed by atoms with E-state index in [0.29, 0.717) is 23.1 Å². The molecule has 3 aromatic rings. The quantitative estimate of drug-likeness (QED) is 0.736. The molecule has 0 fully saturated rings. The van der Waals surface area contributed by atoms with Crippen molar-refractivity contribution in [1.29, 1.82) is 0 Å². The van der Waals surface area contributed by atoms with Gasteiger partial charge in [0.15, 0.2) is 0 Å². The molecule has 4 rings (SSSR count). The number of carbonyl (C=O) groups is 1. The predicted molar refractivity (Wildman–Crippen MR) is 102 cm³/mol. The first-order valence-electron chi connectivity index (χ1n) is 8.53. The average Bonchev–Trinajstić information content (AvgIpc) is 2.87. The van der Waals surface area contributed by atoms with Crippen LogP contribution in [0.3, 0.4) is 0 Å². The summed E-state index contributed by atoms with van der Waals surface area (Å²) in [5, 5.41) is 4.12. The first-order valence-corrected chi connectivity index (χ1v) is 9.97. The van der Waals surface area contributed by atoms with Crippen LogP contribution >= 0.6 is 0 Å². The maximum atomic E-state index is 13.6. The molecule has 0 bridgehead atoms. The Morgan fingerprint density at radius 2 is 1.74 bits per heavy atom. The fourth-order valence-electron chi connectivity index (χ4n) is 3.35. The van der Waals surface area contributed by atoms with Crippen LogP contribution in [0.4, 0.5) is 10.1 Å². The Hall–Kier alpha value is -2.93. The second kappa shape index (κ2) is 6.66. The summed E-state index contributed by atoms with van der Waals surface area (Å²) in [6, 6.07) is 16.8. The highest BCUT2D eigenvalue weighted by molar-refractivity contribution is 7.93. The summed E-state index contributed by atoms with van der Waals surface area (Å²) in [7, 11) is -3.76. The number of carbonyl (C=O) groups excluding carboxylic acids is 1. The Labute approximate surface area is 156 Å². The van der Waals surface area contributed by atoms with Crippen LogP contribution in [-0.4, -0.2) is 27.4 Å². The number of halogens is 1. The largest absolute Gasteiger partial charge is 0.354 e. The molecule has 7 heteroatoms. The maximum absolute atomic E-state index is 13.6. The number of nitrogens with zero attached hydrogens (tertiary/aromatic N) is 1. The molecule has 1 aliphatic heterocycles. The third-order valence-electron chi connectivity index (χ3n) is 4.64. The number of nitrogens with one attached hydrogen (secondary N) is 1. The van der Waals surface area contributed by atoms with Crippen molar-refractivity contribution in [2.45, 2.75) is 11.3 Å². The Morgan fingerprint density at radius 1 is 1.00 bits per heavy atom. The molecular formula is C20H17FN2O3S. The first kappa shape index (κ1) is 17.5. The van der Waals surface area contributed by atoms with Crippen molar-refractivity contribution in [3.05, 3.63) is 72.0 Å². The van der Waals surface area contributed by atoms with Crippen LogP contribution in [0, 0.1) is 5.82 Å². The fourth-order valence-corrected chi connectivity index (χ4v) is 5.02. The summed E-state index contributed by atoms with van der Waals surface area (Å²) in [6.07, 6.45) is 0.334. The highest BCUT2D eigenvalue weighted by atomic mass is 32.2. The number of rotatable bonds is 5. The molecule has 5 nitrogen and oxygen atoms in total. The molecule has 1 N–H and O–H groups in total. The molecule has 0 radical (unpaired) electrons. The van der Waals surface area contributed by atoms with E-state index in [1.807, 2.05) is 12.1 Å². The van der Waals surface area contributed by atoms with Crippen LogP contribution in [0.2, 0.25) is 0 Å². The summed E-state index contributed by atoms with van der Waals surface area (Å²) in [6.45, 7) is -0.0851. The highest BCUT2D eigenvalue weighted by Gasteiger charge is 2.36. The standard InChI is InChI=1S/C20H17FN2O3S/c21-16-8-2-1-5-14(16)11-12-22-19(24)13-23-17-9-3-6-15-7-4-10-18(20(15)17)27(23,25)26/h1-10H,11-13H2,(H,22,24). The summed E-state index contributed by atoms with van der Waals surface area (Å²) in [5.41, 5.74) is 1.01. The fraction of sp³-hybridized carbons (Fsp3) is 0.150. The number of amides is 1. The van der Waals surface area contributed by atoms with Gasteiger partial charge in [-0.05, 0) is 35.6 Å². The molecule has 3 aromatic carbocycles. The van der Waals surface area contributed by atoms with E-state index in [9.17, 15) is 17.6 Å². The minimum Gasteiger partial charge on any atom is -0.354 e. The predicted octanol–water partition coefficient (Wildman–Crippen LogP) is 2.85. The van der Waals surface area contributed by atoms with E-state index >= 15 is 0 Å². The molecule has 1 heterocycles. The van der Waals surface area contributed by atoms with Gasteiger partial charge in [0.1, 0.15) is 12.4 Å². The van der Waals surface area contributed by atoms with Crippen molar-refractivity contribution in [3.8, 4) is 0 Å². The van der Waals surface area contributed by atoms with E-state index in [1.165, 1.54) is 6.07 Å². The van der Waals surface area contributed by atoms with Gasteiger partial charge in [-0.1, -0.05) is 42.5 Å². The van der Waals surface area contributed by atoms with E-state index in [1.54, 1.807) is 42.5 Å². The Morgan fingerprint density at radius 3 is 2.52 bits per heavy atom. The van der Waals surface area contributed by atoms with Crippen molar-refractivity contribution in [1.82, 2.24) is 5.32 Å². The molecule has 0 aromatic heterocycles. The Kier molecular flexibility index (Phi) is 4.31. The maximum Gasteiger partial charge on any atom is 0.265 e. The second-order valence-electron chi connectivity index (χ2n) is 6.33. The van der Waals surface area contributed by atoms with Gasteiger partial charge in [-0.15, -0.1) is 0 Å². The smallest absolute Gasteiger partial charge is 0.265 e. The van der Waals surface area contributed by atoms with Crippen molar-refractivity contribution in [2.75, 3.05) is 17.4 Å². The van der Waals surface area contributed by atoms with Crippen molar-refractivity contribution >= 4 is 32.4 Å². The number of anilines is 1. The van der Waals surface area contributed by atoms with Crippen molar-refractivity contribution in [2.24, 2.45) is 0 Å². The molecular weight excluding hydrogens is 367 g/mol. The molecule has 0 saturated heterocycles. The van der Waals surface area contributed by atoms with Gasteiger partial charge in [0.2, 0.25) is 5.91 Å². The second-order valence-corrected chi connectivity index (χ2v) is 8.17. The number of hydrogen-bond acceptors (Lipinski definition) is 3. The van der Waals surface area contributed by atoms with E-state index in [0.717, 1.165) is 9.69 Å². The van der Waals surface area contributed by atoms with Gasteiger partial charge in [-0.3, -0.25) is 9.10 Å². The van der Waals surface area contributed by atoms with Crippen LogP contribution in [0.25, 0.3) is 10.8 Å². The molecule has 0 spiro atoms. The zero-order valence-corrected chi connectivity index (χ0v) is 15.2. The molecule has 1 aliphatic rings. The third-order valence-corrected chi connectivity index (χ3v) is 6.44. The molecule has 0 aliphatic carbocycles. The SMILES string of the molecule is O=C(CN1c2cccc3cccc(c23)S1(=O)=O)NCCc1ccccc1F. The minimum absolute atomic E-state index is 0.217. The van der Waals surface area contributed by atoms with Gasteiger partial charge in [-0.2, -0.15) is 0 Å². The van der Waals surface area contributed by atoms with E-state index in [-0.39, 0.29) is 23.8 Å². The van der Waals surface area contributed by atoms with Crippen molar-refractivity contribution in [3.63, 3.8) is 0 Å². The van der Waals surface area contributed by atoms with E-state index in [2.05, 4.69) is 5.32 Å². The monoisotopic (exact) mass is 384 g/mol. The van der Waals surface area contributed by atoms with Gasteiger partial charge >= 0.3 is 0 Å². The number of hydrogen-bond donors (Lipinski definition) is 1. The van der Waals surface area contributed by atoms with Crippen LogP contribution in [-0.2, 0) is 21.2 Å². The molecule has 1 amide bonds. The zero-order valence-electron chi connectivity index (χ0n) is 14.4.